The van der Waals surface area contributed by atoms with Crippen molar-refractivity contribution in [2.75, 3.05) is 11.9 Å². The second kappa shape index (κ2) is 7.67. The number of carbonyl (C=O) groups is 3. The van der Waals surface area contributed by atoms with Crippen molar-refractivity contribution in [1.29, 1.82) is 0 Å². The molecule has 35 heavy (non-hydrogen) atoms. The molecule has 1 N–H and O–H groups in total. The highest BCUT2D eigenvalue weighted by Crippen LogP contribution is 2.69. The van der Waals surface area contributed by atoms with Gasteiger partial charge in [0.25, 0.3) is 0 Å². The minimum Gasteiger partial charge on any atom is -0.326 e. The van der Waals surface area contributed by atoms with Gasteiger partial charge in [0.15, 0.2) is 0 Å². The molecule has 0 unspecified atom stereocenters. The normalized spacial score (nSPS) is 27.9. The zero-order valence-corrected chi connectivity index (χ0v) is 20.4. The number of halogens is 2. The van der Waals surface area contributed by atoms with E-state index in [9.17, 15) is 14.4 Å². The molecule has 3 aliphatic carbocycles. The zero-order valence-electron chi connectivity index (χ0n) is 18.9. The van der Waals surface area contributed by atoms with E-state index in [4.69, 9.17) is 23.2 Å². The molecule has 7 heteroatoms. The summed E-state index contributed by atoms with van der Waals surface area (Å²) < 4.78 is 0. The Morgan fingerprint density at radius 2 is 1.23 bits per heavy atom. The third kappa shape index (κ3) is 2.92. The van der Waals surface area contributed by atoms with Crippen molar-refractivity contribution < 1.29 is 14.4 Å². The van der Waals surface area contributed by atoms with Crippen molar-refractivity contribution in [1.82, 2.24) is 4.90 Å². The Labute approximate surface area is 213 Å². The van der Waals surface area contributed by atoms with E-state index in [0.29, 0.717) is 5.69 Å². The number of rotatable bonds is 4. The van der Waals surface area contributed by atoms with Gasteiger partial charge >= 0.3 is 0 Å². The minimum atomic E-state index is -1.21. The molecule has 1 saturated heterocycles. The van der Waals surface area contributed by atoms with Crippen LogP contribution in [0.1, 0.15) is 34.2 Å². The number of nitrogens with zero attached hydrogens (tertiary/aromatic N) is 1. The molecule has 1 aliphatic heterocycles. The van der Waals surface area contributed by atoms with Gasteiger partial charge in [0, 0.05) is 18.7 Å². The van der Waals surface area contributed by atoms with E-state index < -0.39 is 21.6 Å². The maximum atomic E-state index is 13.7. The lowest BCUT2D eigenvalue weighted by Crippen LogP contribution is -2.57. The van der Waals surface area contributed by atoms with E-state index in [1.54, 1.807) is 0 Å². The number of imide groups is 1. The summed E-state index contributed by atoms with van der Waals surface area (Å²) in [5.74, 6) is -2.74. The largest absolute Gasteiger partial charge is 0.326 e. The number of amides is 3. The summed E-state index contributed by atoms with van der Waals surface area (Å²) in [6, 6.07) is 22.5. The smallest absolute Gasteiger partial charge is 0.235 e. The van der Waals surface area contributed by atoms with Crippen molar-refractivity contribution >= 4 is 46.6 Å². The molecule has 2 bridgehead atoms. The number of hydrogen-bond acceptors (Lipinski definition) is 3. The molecular formula is C28H22Cl2N2O3. The number of benzene rings is 3. The van der Waals surface area contributed by atoms with Gasteiger partial charge in [0.2, 0.25) is 17.7 Å². The minimum absolute atomic E-state index is 0.0186. The van der Waals surface area contributed by atoms with Crippen LogP contribution >= 0.6 is 23.2 Å². The average Bonchev–Trinajstić information content (AvgIpc) is 3.13. The van der Waals surface area contributed by atoms with Gasteiger partial charge in [-0.25, -0.2) is 0 Å². The molecule has 3 amide bonds. The highest BCUT2D eigenvalue weighted by molar-refractivity contribution is 6.36. The quantitative estimate of drug-likeness (QED) is 0.405. The average molecular weight is 505 g/mol. The van der Waals surface area contributed by atoms with Crippen LogP contribution in [0.3, 0.4) is 0 Å². The zero-order chi connectivity index (χ0) is 24.5. The van der Waals surface area contributed by atoms with Gasteiger partial charge in [-0.05, 0) is 41.3 Å². The Hall–Kier alpha value is -3.15. The van der Waals surface area contributed by atoms with Gasteiger partial charge < -0.3 is 5.32 Å². The van der Waals surface area contributed by atoms with Gasteiger partial charge in [0.1, 0.15) is 9.75 Å². The Morgan fingerprint density at radius 1 is 0.800 bits per heavy atom. The first kappa shape index (κ1) is 22.3. The molecule has 1 heterocycles. The second-order valence-corrected chi connectivity index (χ2v) is 10.7. The predicted octanol–water partition coefficient (Wildman–Crippen LogP) is 4.92. The maximum Gasteiger partial charge on any atom is 0.235 e. The predicted molar refractivity (Wildman–Crippen MR) is 134 cm³/mol. The molecule has 5 nitrogen and oxygen atoms in total. The Morgan fingerprint density at radius 3 is 1.66 bits per heavy atom. The molecule has 4 aliphatic rings. The molecule has 3 aromatic rings. The maximum absolute atomic E-state index is 13.7. The van der Waals surface area contributed by atoms with E-state index in [1.807, 2.05) is 79.7 Å². The van der Waals surface area contributed by atoms with Gasteiger partial charge in [0.05, 0.1) is 11.8 Å². The molecule has 0 saturated carbocycles. The Bertz CT molecular complexity index is 1280. The first-order valence-corrected chi connectivity index (χ1v) is 12.3. The first-order valence-electron chi connectivity index (χ1n) is 11.6. The van der Waals surface area contributed by atoms with E-state index in [2.05, 4.69) is 5.32 Å². The van der Waals surface area contributed by atoms with Crippen LogP contribution < -0.4 is 5.32 Å². The van der Waals surface area contributed by atoms with Crippen LogP contribution in [-0.2, 0) is 24.1 Å². The molecule has 1 fully saturated rings. The van der Waals surface area contributed by atoms with Crippen LogP contribution in [-0.4, -0.2) is 29.2 Å². The number of aryl methyl sites for hydroxylation is 1. The summed E-state index contributed by atoms with van der Waals surface area (Å²) >= 11 is 14.8. The van der Waals surface area contributed by atoms with Crippen molar-refractivity contribution in [2.24, 2.45) is 11.8 Å². The van der Waals surface area contributed by atoms with Crippen LogP contribution in [0.4, 0.5) is 5.69 Å². The standard InChI is InChI=1S/C28H22Cl2N2O3/c1-16-10-12-17(13-11-16)31-22(33)14-15-32-25(34)23-24(26(32)35)28(30)19-7-3-2-6-18(19)27(23,29)20-8-4-5-9-21(20)28/h2-13,23-24H,14-15H2,1H3,(H,31,33)/t23-,24-,27?,28?/m1/s1. The Balaban J connectivity index is 1.34. The molecule has 3 aromatic carbocycles. The molecular weight excluding hydrogens is 483 g/mol. The van der Waals surface area contributed by atoms with Crippen LogP contribution in [0, 0.1) is 18.8 Å². The summed E-state index contributed by atoms with van der Waals surface area (Å²) in [6.45, 7) is 1.93. The fourth-order valence-corrected chi connectivity index (χ4v) is 7.12. The van der Waals surface area contributed by atoms with Crippen molar-refractivity contribution in [3.05, 3.63) is 101 Å². The number of alkyl halides is 2. The summed E-state index contributed by atoms with van der Waals surface area (Å²) in [4.78, 5) is 38.8. The molecule has 2 atom stereocenters. The SMILES string of the molecule is Cc1ccc(NC(=O)CCN2C(=O)[C@H]3[C@H](C2=O)C2(Cl)c4ccccc4C3(Cl)c3ccccc32)cc1. The topological polar surface area (TPSA) is 66.5 Å². The molecule has 0 aromatic heterocycles. The number of anilines is 1. The van der Waals surface area contributed by atoms with Crippen molar-refractivity contribution in [3.63, 3.8) is 0 Å². The monoisotopic (exact) mass is 504 g/mol. The van der Waals surface area contributed by atoms with E-state index in [0.717, 1.165) is 27.8 Å². The third-order valence-corrected chi connectivity index (χ3v) is 8.86. The molecule has 0 radical (unpaired) electrons. The number of hydrogen-bond donors (Lipinski definition) is 1. The summed E-state index contributed by atoms with van der Waals surface area (Å²) in [7, 11) is 0. The summed E-state index contributed by atoms with van der Waals surface area (Å²) in [6.07, 6.45) is -0.0186. The molecule has 7 rings (SSSR count). The van der Waals surface area contributed by atoms with Gasteiger partial charge in [-0.2, -0.15) is 0 Å². The Kier molecular flexibility index (Phi) is 4.89. The fraction of sp³-hybridized carbons (Fsp3) is 0.250. The summed E-state index contributed by atoms with van der Waals surface area (Å²) in [5, 5.41) is 2.82. The van der Waals surface area contributed by atoms with Crippen molar-refractivity contribution in [2.45, 2.75) is 23.1 Å². The number of carbonyl (C=O) groups excluding carboxylic acids is 3. The van der Waals surface area contributed by atoms with E-state index >= 15 is 0 Å². The lowest BCUT2D eigenvalue weighted by atomic mass is 9.54. The van der Waals surface area contributed by atoms with Crippen LogP contribution in [0.5, 0.6) is 0 Å². The molecule has 176 valence electrons. The van der Waals surface area contributed by atoms with Crippen molar-refractivity contribution in [3.8, 4) is 0 Å². The van der Waals surface area contributed by atoms with Crippen LogP contribution in [0.2, 0.25) is 0 Å². The highest BCUT2D eigenvalue weighted by Gasteiger charge is 2.72. The van der Waals surface area contributed by atoms with Gasteiger partial charge in [-0.3, -0.25) is 19.3 Å². The van der Waals surface area contributed by atoms with E-state index in [-0.39, 0.29) is 30.7 Å². The number of likely N-dealkylation sites (tertiary alicyclic amines) is 1. The lowest BCUT2D eigenvalue weighted by Gasteiger charge is -2.54. The van der Waals surface area contributed by atoms with E-state index in [1.165, 1.54) is 4.90 Å². The lowest BCUT2D eigenvalue weighted by molar-refractivity contribution is -0.140. The highest BCUT2D eigenvalue weighted by atomic mass is 35.5. The second-order valence-electron chi connectivity index (χ2n) is 9.46. The van der Waals surface area contributed by atoms with Gasteiger partial charge in [-0.1, -0.05) is 66.2 Å². The van der Waals surface area contributed by atoms with Gasteiger partial charge in [-0.15, -0.1) is 23.2 Å². The first-order chi connectivity index (χ1) is 16.8. The summed E-state index contributed by atoms with van der Waals surface area (Å²) in [5.41, 5.74) is 4.79. The van der Waals surface area contributed by atoms with Crippen LogP contribution in [0.25, 0.3) is 0 Å². The fourth-order valence-electron chi connectivity index (χ4n) is 6.02. The van der Waals surface area contributed by atoms with Crippen LogP contribution in [0.15, 0.2) is 72.8 Å². The number of nitrogens with one attached hydrogen (secondary N) is 1. The molecule has 0 spiro atoms. The third-order valence-electron chi connectivity index (χ3n) is 7.57.